The largest absolute Gasteiger partial charge is 0.490 e. The van der Waals surface area contributed by atoms with Gasteiger partial charge in [0, 0.05) is 48.9 Å². The molecule has 0 aliphatic carbocycles. The van der Waals surface area contributed by atoms with Gasteiger partial charge in [-0.1, -0.05) is 149 Å². The number of hydrogen-bond donors (Lipinski definition) is 5. The number of carboxylic acids is 1. The number of aryl methyl sites for hydroxylation is 2. The number of carbonyl (C=O) groups is 2. The lowest BCUT2D eigenvalue weighted by Crippen LogP contribution is -2.47. The molecule has 0 spiro atoms. The van der Waals surface area contributed by atoms with Crippen molar-refractivity contribution in [1.82, 2.24) is 34.6 Å². The number of imidazole rings is 2. The van der Waals surface area contributed by atoms with Gasteiger partial charge in [-0.25, -0.2) is 40.5 Å². The Morgan fingerprint density at radius 1 is 0.510 bits per heavy atom. The number of halogens is 4. The minimum Gasteiger partial charge on any atom is -0.490 e. The van der Waals surface area contributed by atoms with Crippen molar-refractivity contribution < 1.29 is 38.4 Å². The maximum Gasteiger partial charge on any atom is 0.337 e. The first-order valence-electron chi connectivity index (χ1n) is 33.4. The quantitative estimate of drug-likeness (QED) is 0.0764. The molecular formula is C76H79Cl4N15O9. The van der Waals surface area contributed by atoms with Gasteiger partial charge < -0.3 is 44.1 Å². The van der Waals surface area contributed by atoms with Gasteiger partial charge >= 0.3 is 5.97 Å². The summed E-state index contributed by atoms with van der Waals surface area (Å²) in [5.41, 5.74) is 14.6. The fourth-order valence-electron chi connectivity index (χ4n) is 12.2. The number of hydrazine groups is 3. The number of nitroso groups, excluding NO2 is 1. The number of nitrogens with one attached hydrogen (secondary N) is 2. The molecule has 0 bridgehead atoms. The molecule has 104 heavy (non-hydrogen) atoms. The van der Waals surface area contributed by atoms with Crippen molar-refractivity contribution in [2.75, 3.05) is 91.1 Å². The number of benzene rings is 7. The normalized spacial score (nSPS) is 13.8. The summed E-state index contributed by atoms with van der Waals surface area (Å²) in [6, 6.07) is 49.1. The molecule has 4 aromatic heterocycles. The van der Waals surface area contributed by atoms with E-state index in [0.29, 0.717) is 82.0 Å². The Kier molecular flexibility index (Phi) is 23.5. The summed E-state index contributed by atoms with van der Waals surface area (Å²) in [5, 5.41) is 33.3. The third-order valence-corrected chi connectivity index (χ3v) is 17.6. The van der Waals surface area contributed by atoms with E-state index in [9.17, 15) is 19.6 Å². The number of ether oxygens (including phenoxy) is 5. The highest BCUT2D eigenvalue weighted by molar-refractivity contribution is 6.35. The third-order valence-electron chi connectivity index (χ3n) is 16.8. The van der Waals surface area contributed by atoms with Crippen LogP contribution in [0.3, 0.4) is 0 Å². The summed E-state index contributed by atoms with van der Waals surface area (Å²) >= 11 is 24.8. The Hall–Kier alpha value is -10.6. The average molecular weight is 1490 g/mol. The highest BCUT2D eigenvalue weighted by Gasteiger charge is 2.32. The van der Waals surface area contributed by atoms with Crippen LogP contribution >= 0.6 is 46.4 Å². The second kappa shape index (κ2) is 32.8. The Labute approximate surface area is 621 Å². The molecule has 0 radical (unpaired) electrons. The molecule has 11 aromatic rings. The highest BCUT2D eigenvalue weighted by atomic mass is 35.5. The predicted octanol–water partition coefficient (Wildman–Crippen LogP) is 15.4. The van der Waals surface area contributed by atoms with E-state index in [2.05, 4.69) is 52.0 Å². The van der Waals surface area contributed by atoms with Crippen LogP contribution in [0, 0.1) is 18.8 Å². The second-order valence-electron chi connectivity index (χ2n) is 26.3. The van der Waals surface area contributed by atoms with Crippen molar-refractivity contribution in [2.45, 2.75) is 66.2 Å². The van der Waals surface area contributed by atoms with Crippen LogP contribution in [0.5, 0.6) is 28.7 Å². The van der Waals surface area contributed by atoms with Gasteiger partial charge in [-0.15, -0.1) is 4.91 Å². The van der Waals surface area contributed by atoms with Crippen LogP contribution in [0.4, 0.5) is 28.4 Å². The molecule has 9 heterocycles. The van der Waals surface area contributed by atoms with Crippen molar-refractivity contribution in [1.29, 1.82) is 0 Å². The van der Waals surface area contributed by atoms with E-state index in [1.165, 1.54) is 11.2 Å². The maximum absolute atomic E-state index is 13.6. The first-order chi connectivity index (χ1) is 49.9. The van der Waals surface area contributed by atoms with E-state index < -0.39 is 11.4 Å². The number of fused-ring (bicyclic) bond motifs is 7. The minimum absolute atomic E-state index is 0.153. The first kappa shape index (κ1) is 74.6. The number of carbonyl (C=O) groups excluding carboxylic acids is 1. The van der Waals surface area contributed by atoms with Crippen molar-refractivity contribution in [3.8, 4) is 51.3 Å². The van der Waals surface area contributed by atoms with Gasteiger partial charge in [0.25, 0.3) is 5.91 Å². The molecule has 5 aliphatic rings. The number of para-hydroxylation sites is 10. The van der Waals surface area contributed by atoms with E-state index in [1.807, 2.05) is 173 Å². The number of aromatic carboxylic acids is 1. The summed E-state index contributed by atoms with van der Waals surface area (Å²) in [4.78, 5) is 45.0. The zero-order valence-corrected chi connectivity index (χ0v) is 61.6. The SMILES string of the molecule is Cc1nc2c(C(C)(C)C)c(C(=O)NN3CCOc4ccccc43)cnn2c1-c1cc(Cl)cc(Cl)c1.Cc1nc2c(C(C)(C)C)c(C(=O)O)cnn2c1-c1cc(Cl)cc(Cl)c1.NN1CCOc2ccccc21.NN1CCOc2ccccc21.O=NN1CCOc2ccccc21.c1ccc2c(c1)NCCO2. The molecule has 1 amide bonds. The van der Waals surface area contributed by atoms with Crippen LogP contribution in [-0.4, -0.2) is 112 Å². The number of hydrogen-bond acceptors (Lipinski definition) is 19. The third kappa shape index (κ3) is 17.4. The number of amides is 1. The molecule has 0 atom stereocenters. The molecule has 7 aromatic carbocycles. The van der Waals surface area contributed by atoms with E-state index in [4.69, 9.17) is 86.8 Å². The zero-order chi connectivity index (χ0) is 74.0. The van der Waals surface area contributed by atoms with E-state index in [1.54, 1.807) is 49.5 Å². The minimum atomic E-state index is -1.02. The zero-order valence-electron chi connectivity index (χ0n) is 58.5. The molecule has 16 rings (SSSR count). The van der Waals surface area contributed by atoms with Gasteiger partial charge in [-0.2, -0.15) is 10.2 Å². The van der Waals surface area contributed by atoms with Crippen LogP contribution in [-0.2, 0) is 10.8 Å². The van der Waals surface area contributed by atoms with Gasteiger partial charge in [0.15, 0.2) is 11.3 Å². The number of nitrogens with two attached hydrogens (primary N) is 2. The van der Waals surface area contributed by atoms with E-state index in [-0.39, 0.29) is 16.9 Å². The van der Waals surface area contributed by atoms with Gasteiger partial charge in [0.2, 0.25) is 0 Å². The van der Waals surface area contributed by atoms with E-state index in [0.717, 1.165) is 123 Å². The lowest BCUT2D eigenvalue weighted by molar-refractivity contribution is 0.0693. The molecule has 0 unspecified atom stereocenters. The van der Waals surface area contributed by atoms with E-state index >= 15 is 0 Å². The highest BCUT2D eigenvalue weighted by Crippen LogP contribution is 2.39. The van der Waals surface area contributed by atoms with Crippen LogP contribution in [0.25, 0.3) is 33.8 Å². The molecule has 0 saturated heterocycles. The molecule has 28 heteroatoms. The molecular weight excluding hydrogens is 1410 g/mol. The molecule has 0 fully saturated rings. The number of anilines is 5. The Morgan fingerprint density at radius 2 is 0.894 bits per heavy atom. The van der Waals surface area contributed by atoms with Crippen molar-refractivity contribution in [2.24, 2.45) is 17.0 Å². The van der Waals surface area contributed by atoms with Crippen LogP contribution < -0.4 is 66.1 Å². The predicted molar refractivity (Wildman–Crippen MR) is 410 cm³/mol. The molecule has 0 saturated carbocycles. The fraction of sp³-hybridized carbons (Fsp3) is 0.263. The van der Waals surface area contributed by atoms with Crippen LogP contribution in [0.1, 0.15) is 84.8 Å². The van der Waals surface area contributed by atoms with Gasteiger partial charge in [-0.3, -0.25) is 15.2 Å². The van der Waals surface area contributed by atoms with Crippen molar-refractivity contribution >= 4 is 98.0 Å². The second-order valence-corrected chi connectivity index (χ2v) is 28.0. The van der Waals surface area contributed by atoms with Gasteiger partial charge in [-0.05, 0) is 122 Å². The van der Waals surface area contributed by atoms with Crippen molar-refractivity contribution in [3.05, 3.63) is 229 Å². The summed E-state index contributed by atoms with van der Waals surface area (Å²) < 4.78 is 30.6. The summed E-state index contributed by atoms with van der Waals surface area (Å²) in [5.74, 6) is 14.3. The van der Waals surface area contributed by atoms with Crippen molar-refractivity contribution in [3.63, 3.8) is 0 Å². The molecule has 5 aliphatic heterocycles. The Balaban J connectivity index is 0.000000135. The topological polar surface area (TPSA) is 279 Å². The monoisotopic (exact) mass is 1490 g/mol. The summed E-state index contributed by atoms with van der Waals surface area (Å²) in [6.45, 7) is 22.4. The fourth-order valence-corrected chi connectivity index (χ4v) is 13.3. The first-order valence-corrected chi connectivity index (χ1v) is 34.9. The number of aromatic nitrogens is 6. The van der Waals surface area contributed by atoms with Gasteiger partial charge in [0.1, 0.15) is 67.5 Å². The van der Waals surface area contributed by atoms with Crippen LogP contribution in [0.2, 0.25) is 20.1 Å². The number of rotatable bonds is 6. The Morgan fingerprint density at radius 3 is 1.35 bits per heavy atom. The van der Waals surface area contributed by atoms with Gasteiger partial charge in [0.05, 0.1) is 101 Å². The maximum atomic E-state index is 13.6. The lowest BCUT2D eigenvalue weighted by atomic mass is 9.84. The summed E-state index contributed by atoms with van der Waals surface area (Å²) in [7, 11) is 0. The molecule has 24 nitrogen and oxygen atoms in total. The number of nitrogens with zero attached hydrogens (tertiary/aromatic N) is 11. The smallest absolute Gasteiger partial charge is 0.337 e. The standard InChI is InChI=1S/C26H25Cl2N5O2.C18H17Cl2N3O2.C8H8N2O2.2C8H10N2O.C8H9NO/c1-15-23(16-11-17(27)13-18(28)12-16)33-24(30-15)22(26(2,3)4)19(14-29-33)25(34)31-32-9-10-35-21-8-6-5-7-20(21)32;1-9-15(10-5-11(19)7-12(20)6-10)23-16(22-9)14(18(2,3)4)13(8-21-23)17(24)25;11-9-10-5-6-12-8-4-2-1-3-7(8)10;2*9-10-5-6-11-8-4-2-1-3-7(8)10;1-2-4-8-7(3-1)9-5-6-10-8/h5-8,11-14H,9-10H2,1-4H3,(H,31,34);5-8H,1-4H3,(H,24,25);1-4H,5-6H2;2*1-4H,5-6,9H2;1-4,9H,5-6H2. The summed E-state index contributed by atoms with van der Waals surface area (Å²) in [6.07, 6.45) is 2.97. The Bertz CT molecular complexity index is 4810. The van der Waals surface area contributed by atoms with Crippen LogP contribution in [0.15, 0.2) is 175 Å². The lowest BCUT2D eigenvalue weighted by Gasteiger charge is -2.32. The average Bonchev–Trinajstić information content (AvgIpc) is 1.57. The number of carboxylic acid groups (broad SMARTS) is 1. The molecule has 7 N–H and O–H groups in total. The molecule has 540 valence electrons.